The number of rotatable bonds is 5. The van der Waals surface area contributed by atoms with Gasteiger partial charge in [-0.1, -0.05) is 0 Å². The van der Waals surface area contributed by atoms with Gasteiger partial charge in [0.25, 0.3) is 0 Å². The summed E-state index contributed by atoms with van der Waals surface area (Å²) in [6.07, 6.45) is 0. The van der Waals surface area contributed by atoms with Crippen molar-refractivity contribution in [2.45, 2.75) is 40.5 Å². The average molecular weight is 405 g/mol. The van der Waals surface area contributed by atoms with E-state index in [-0.39, 0.29) is 12.6 Å². The summed E-state index contributed by atoms with van der Waals surface area (Å²) in [5, 5.41) is 15.5. The first-order chi connectivity index (χ1) is 13.1. The van der Waals surface area contributed by atoms with E-state index in [0.717, 1.165) is 29.0 Å². The van der Waals surface area contributed by atoms with Crippen LogP contribution in [0, 0.1) is 0 Å². The van der Waals surface area contributed by atoms with Crippen molar-refractivity contribution in [2.75, 3.05) is 6.61 Å². The second-order valence-electron chi connectivity index (χ2n) is 5.89. The van der Waals surface area contributed by atoms with Gasteiger partial charge in [-0.25, -0.2) is 4.79 Å². The third-order valence-electron chi connectivity index (χ3n) is 4.37. The molecule has 4 aromatic rings. The molecule has 7 heteroatoms. The number of carbonyl (C=O) groups is 1. The zero-order chi connectivity index (χ0) is 19.4. The topological polar surface area (TPSA) is 56.4 Å². The Morgan fingerprint density at radius 1 is 1.00 bits per heavy atom. The van der Waals surface area contributed by atoms with Crippen molar-refractivity contribution in [1.82, 2.24) is 9.13 Å². The Kier molecular flexibility index (Phi) is 6.36. The molecule has 0 unspecified atom stereocenters. The standard InChI is InChI=1S/C11H13NO2S.C9H11NOS/c1-3-12-9(11(13)14-4-2)7-8-5-6-15-10(8)12;1-2-10-8(6-11)5-7-3-4-12-9(7)10/h5-7H,3-4H2,1-2H3;3-5,11H,2,6H2,1H3. The fourth-order valence-electron chi connectivity index (χ4n) is 3.17. The van der Waals surface area contributed by atoms with Gasteiger partial charge in [0.2, 0.25) is 0 Å². The minimum atomic E-state index is -0.234. The molecule has 0 aliphatic heterocycles. The Morgan fingerprint density at radius 2 is 1.59 bits per heavy atom. The summed E-state index contributed by atoms with van der Waals surface area (Å²) in [5.41, 5.74) is 1.67. The summed E-state index contributed by atoms with van der Waals surface area (Å²) in [6, 6.07) is 8.06. The molecule has 27 heavy (non-hydrogen) atoms. The number of aromatic nitrogens is 2. The molecule has 4 rings (SSSR count). The number of thiophene rings is 2. The second kappa shape index (κ2) is 8.73. The summed E-state index contributed by atoms with van der Waals surface area (Å²) < 4.78 is 9.17. The van der Waals surface area contributed by atoms with Crippen molar-refractivity contribution in [2.24, 2.45) is 0 Å². The monoisotopic (exact) mass is 404 g/mol. The van der Waals surface area contributed by atoms with Crippen molar-refractivity contribution in [3.63, 3.8) is 0 Å². The van der Waals surface area contributed by atoms with Crippen LogP contribution in [0.4, 0.5) is 0 Å². The second-order valence-corrected chi connectivity index (χ2v) is 7.68. The van der Waals surface area contributed by atoms with E-state index >= 15 is 0 Å². The van der Waals surface area contributed by atoms with Gasteiger partial charge in [0.05, 0.1) is 13.2 Å². The van der Waals surface area contributed by atoms with Crippen LogP contribution in [0.25, 0.3) is 20.4 Å². The molecule has 0 atom stereocenters. The lowest BCUT2D eigenvalue weighted by atomic mass is 10.3. The molecule has 4 heterocycles. The lowest BCUT2D eigenvalue weighted by molar-refractivity contribution is 0.0514. The average Bonchev–Trinajstić information content (AvgIpc) is 3.41. The van der Waals surface area contributed by atoms with Gasteiger partial charge in [-0.2, -0.15) is 0 Å². The molecule has 0 saturated heterocycles. The maximum atomic E-state index is 11.7. The van der Waals surface area contributed by atoms with E-state index in [4.69, 9.17) is 9.84 Å². The molecular formula is C20H24N2O3S2. The van der Waals surface area contributed by atoms with Crippen LogP contribution in [0.5, 0.6) is 0 Å². The zero-order valence-electron chi connectivity index (χ0n) is 15.8. The highest BCUT2D eigenvalue weighted by Gasteiger charge is 2.15. The minimum Gasteiger partial charge on any atom is -0.461 e. The molecule has 4 aromatic heterocycles. The molecule has 0 amide bonds. The van der Waals surface area contributed by atoms with E-state index in [1.165, 1.54) is 10.2 Å². The van der Waals surface area contributed by atoms with Crippen molar-refractivity contribution in [1.29, 1.82) is 0 Å². The zero-order valence-corrected chi connectivity index (χ0v) is 17.4. The van der Waals surface area contributed by atoms with Crippen LogP contribution in [0.1, 0.15) is 37.0 Å². The number of ether oxygens (including phenoxy) is 1. The molecule has 1 N–H and O–H groups in total. The van der Waals surface area contributed by atoms with Gasteiger partial charge in [0, 0.05) is 29.6 Å². The predicted molar refractivity (Wildman–Crippen MR) is 113 cm³/mol. The van der Waals surface area contributed by atoms with E-state index in [2.05, 4.69) is 29.0 Å². The van der Waals surface area contributed by atoms with Crippen LogP contribution in [-0.4, -0.2) is 26.8 Å². The molecule has 0 fully saturated rings. The van der Waals surface area contributed by atoms with Crippen LogP contribution >= 0.6 is 22.7 Å². The fraction of sp³-hybridized carbons (Fsp3) is 0.350. The van der Waals surface area contributed by atoms with Crippen LogP contribution in [-0.2, 0) is 24.4 Å². The number of aryl methyl sites for hydroxylation is 2. The number of aliphatic hydroxyl groups is 1. The van der Waals surface area contributed by atoms with Crippen molar-refractivity contribution in [3.8, 4) is 0 Å². The Hall–Kier alpha value is -2.09. The number of carbonyl (C=O) groups excluding carboxylic acids is 1. The Morgan fingerprint density at radius 3 is 2.15 bits per heavy atom. The number of aliphatic hydroxyl groups excluding tert-OH is 1. The first-order valence-corrected chi connectivity index (χ1v) is 10.8. The third kappa shape index (κ3) is 3.81. The molecule has 0 saturated carbocycles. The largest absolute Gasteiger partial charge is 0.461 e. The van der Waals surface area contributed by atoms with E-state index in [1.807, 2.05) is 35.9 Å². The van der Waals surface area contributed by atoms with Gasteiger partial charge in [-0.15, -0.1) is 22.7 Å². The van der Waals surface area contributed by atoms with Gasteiger partial charge in [0.15, 0.2) is 0 Å². The lowest BCUT2D eigenvalue weighted by Crippen LogP contribution is -2.10. The van der Waals surface area contributed by atoms with Gasteiger partial charge in [0.1, 0.15) is 15.4 Å². The normalized spacial score (nSPS) is 11.0. The van der Waals surface area contributed by atoms with E-state index < -0.39 is 0 Å². The van der Waals surface area contributed by atoms with Gasteiger partial charge in [-0.3, -0.25) is 0 Å². The number of hydrogen-bond donors (Lipinski definition) is 1. The summed E-state index contributed by atoms with van der Waals surface area (Å²) in [7, 11) is 0. The molecule has 0 aliphatic carbocycles. The minimum absolute atomic E-state index is 0.134. The Bertz CT molecular complexity index is 1040. The SMILES string of the molecule is CCOC(=O)c1cc2ccsc2n1CC.CCn1c(CO)cc2ccsc21. The quantitative estimate of drug-likeness (QED) is 0.470. The molecule has 0 spiro atoms. The summed E-state index contributed by atoms with van der Waals surface area (Å²) in [4.78, 5) is 14.1. The first kappa shape index (κ1) is 19.7. The molecule has 0 bridgehead atoms. The van der Waals surface area contributed by atoms with Crippen molar-refractivity contribution < 1.29 is 14.6 Å². The van der Waals surface area contributed by atoms with E-state index in [9.17, 15) is 4.79 Å². The first-order valence-electron chi connectivity index (χ1n) is 9.04. The molecule has 144 valence electrons. The molecule has 0 aromatic carbocycles. The number of esters is 1. The lowest BCUT2D eigenvalue weighted by Gasteiger charge is -2.05. The molecular weight excluding hydrogens is 380 g/mol. The van der Waals surface area contributed by atoms with E-state index in [0.29, 0.717) is 12.3 Å². The van der Waals surface area contributed by atoms with Gasteiger partial charge >= 0.3 is 5.97 Å². The van der Waals surface area contributed by atoms with Crippen LogP contribution in [0.3, 0.4) is 0 Å². The van der Waals surface area contributed by atoms with Crippen LogP contribution in [0.15, 0.2) is 35.0 Å². The van der Waals surface area contributed by atoms with Crippen molar-refractivity contribution in [3.05, 3.63) is 46.4 Å². The number of hydrogen-bond acceptors (Lipinski definition) is 5. The van der Waals surface area contributed by atoms with E-state index in [1.54, 1.807) is 22.7 Å². The smallest absolute Gasteiger partial charge is 0.354 e. The molecule has 5 nitrogen and oxygen atoms in total. The third-order valence-corrected chi connectivity index (χ3v) is 6.27. The Labute approximate surface area is 166 Å². The number of fused-ring (bicyclic) bond motifs is 2. The maximum Gasteiger partial charge on any atom is 0.354 e. The maximum absolute atomic E-state index is 11.7. The predicted octanol–water partition coefficient (Wildman–Crippen LogP) is 5.11. The highest BCUT2D eigenvalue weighted by molar-refractivity contribution is 7.17. The highest BCUT2D eigenvalue weighted by Crippen LogP contribution is 2.26. The van der Waals surface area contributed by atoms with Crippen LogP contribution < -0.4 is 0 Å². The van der Waals surface area contributed by atoms with Gasteiger partial charge < -0.3 is 19.0 Å². The summed E-state index contributed by atoms with van der Waals surface area (Å²) >= 11 is 3.38. The van der Waals surface area contributed by atoms with Crippen molar-refractivity contribution >= 4 is 49.1 Å². The Balaban J connectivity index is 0.000000159. The summed E-state index contributed by atoms with van der Waals surface area (Å²) in [5.74, 6) is -0.234. The summed E-state index contributed by atoms with van der Waals surface area (Å²) in [6.45, 7) is 8.22. The van der Waals surface area contributed by atoms with Gasteiger partial charge in [-0.05, 0) is 55.8 Å². The van der Waals surface area contributed by atoms with Crippen LogP contribution in [0.2, 0.25) is 0 Å². The molecule has 0 radical (unpaired) electrons. The highest BCUT2D eigenvalue weighted by atomic mass is 32.1. The molecule has 0 aliphatic rings. The number of nitrogens with zero attached hydrogens (tertiary/aromatic N) is 2. The fourth-order valence-corrected chi connectivity index (χ4v) is 5.11.